The van der Waals surface area contributed by atoms with E-state index in [9.17, 15) is 9.59 Å². The molecule has 0 N–H and O–H groups in total. The minimum atomic E-state index is -0.970. The van der Waals surface area contributed by atoms with Gasteiger partial charge in [-0.1, -0.05) is 11.6 Å². The van der Waals surface area contributed by atoms with Crippen molar-refractivity contribution in [1.29, 1.82) is 0 Å². The largest absolute Gasteiger partial charge is 0.497 e. The number of carbonyl (C=O) groups is 2. The van der Waals surface area contributed by atoms with Crippen molar-refractivity contribution in [2.45, 2.75) is 13.0 Å². The number of hydrogen-bond donors (Lipinski definition) is 0. The third-order valence-electron chi connectivity index (χ3n) is 3.70. The number of hydrogen-bond acceptors (Lipinski definition) is 6. The molecule has 2 aromatic carbocycles. The molecule has 7 heteroatoms. The second kappa shape index (κ2) is 8.58. The Morgan fingerprint density at radius 2 is 1.58 bits per heavy atom. The van der Waals surface area contributed by atoms with Gasteiger partial charge in [-0.3, -0.25) is 4.79 Å². The van der Waals surface area contributed by atoms with Gasteiger partial charge in [0.05, 0.1) is 31.9 Å². The lowest BCUT2D eigenvalue weighted by molar-refractivity contribution is 0.0318. The first-order valence-corrected chi connectivity index (χ1v) is 8.09. The van der Waals surface area contributed by atoms with Crippen LogP contribution >= 0.6 is 11.6 Å². The molecular weight excluding hydrogens is 360 g/mol. The monoisotopic (exact) mass is 378 g/mol. The molecule has 0 bridgehead atoms. The Morgan fingerprint density at radius 1 is 0.923 bits per heavy atom. The van der Waals surface area contributed by atoms with Gasteiger partial charge in [0.1, 0.15) is 5.75 Å². The van der Waals surface area contributed by atoms with E-state index >= 15 is 0 Å². The number of carbonyl (C=O) groups excluding carboxylic acids is 2. The van der Waals surface area contributed by atoms with Crippen molar-refractivity contribution in [3.63, 3.8) is 0 Å². The molecule has 0 heterocycles. The fourth-order valence-corrected chi connectivity index (χ4v) is 2.60. The second-order valence-electron chi connectivity index (χ2n) is 5.33. The molecular formula is C19H19ClO6. The Bertz CT molecular complexity index is 800. The maximum atomic E-state index is 12.4. The van der Waals surface area contributed by atoms with E-state index in [1.165, 1.54) is 40.4 Å². The summed E-state index contributed by atoms with van der Waals surface area (Å²) in [6.07, 6.45) is -0.970. The third-order valence-corrected chi connectivity index (χ3v) is 3.98. The molecule has 1 atom stereocenters. The van der Waals surface area contributed by atoms with Crippen LogP contribution in [0, 0.1) is 0 Å². The maximum Gasteiger partial charge on any atom is 0.339 e. The van der Waals surface area contributed by atoms with E-state index in [0.717, 1.165) is 0 Å². The number of esters is 1. The van der Waals surface area contributed by atoms with Crippen LogP contribution in [0.4, 0.5) is 0 Å². The summed E-state index contributed by atoms with van der Waals surface area (Å²) in [4.78, 5) is 24.8. The van der Waals surface area contributed by atoms with Crippen LogP contribution in [0.5, 0.6) is 17.2 Å². The smallest absolute Gasteiger partial charge is 0.339 e. The number of rotatable bonds is 7. The van der Waals surface area contributed by atoms with Crippen LogP contribution in [-0.2, 0) is 4.74 Å². The normalized spacial score (nSPS) is 11.4. The summed E-state index contributed by atoms with van der Waals surface area (Å²) in [6, 6.07) is 9.39. The third kappa shape index (κ3) is 4.26. The van der Waals surface area contributed by atoms with Crippen LogP contribution < -0.4 is 14.2 Å². The Hall–Kier alpha value is -2.73. The van der Waals surface area contributed by atoms with Crippen molar-refractivity contribution in [3.8, 4) is 17.2 Å². The second-order valence-corrected chi connectivity index (χ2v) is 5.74. The van der Waals surface area contributed by atoms with Gasteiger partial charge in [0.15, 0.2) is 17.6 Å². The molecule has 0 unspecified atom stereocenters. The number of benzene rings is 2. The quantitative estimate of drug-likeness (QED) is 0.539. The summed E-state index contributed by atoms with van der Waals surface area (Å²) in [7, 11) is 4.41. The van der Waals surface area contributed by atoms with E-state index in [2.05, 4.69) is 0 Å². The summed E-state index contributed by atoms with van der Waals surface area (Å²) in [5, 5.41) is 0.202. The van der Waals surface area contributed by atoms with Crippen LogP contribution in [0.25, 0.3) is 0 Å². The van der Waals surface area contributed by atoms with Gasteiger partial charge < -0.3 is 18.9 Å². The van der Waals surface area contributed by atoms with Gasteiger partial charge in [-0.15, -0.1) is 0 Å². The number of ketones is 1. The number of Topliss-reactive ketones (excluding diaryl/α,β-unsaturated/α-hetero) is 1. The SMILES string of the molecule is COc1ccc(C(=O)[C@H](C)OC(=O)c2cc(Cl)c(OC)c(OC)c2)cc1. The first kappa shape index (κ1) is 19.6. The summed E-state index contributed by atoms with van der Waals surface area (Å²) in [5.41, 5.74) is 0.568. The van der Waals surface area contributed by atoms with E-state index in [-0.39, 0.29) is 16.4 Å². The van der Waals surface area contributed by atoms with E-state index in [1.807, 2.05) is 0 Å². The first-order valence-electron chi connectivity index (χ1n) is 7.72. The summed E-state index contributed by atoms with van der Waals surface area (Å²) >= 11 is 6.09. The molecule has 2 aromatic rings. The molecule has 0 saturated heterocycles. The Labute approximate surface area is 156 Å². The molecule has 0 aromatic heterocycles. The van der Waals surface area contributed by atoms with Crippen molar-refractivity contribution >= 4 is 23.4 Å². The topological polar surface area (TPSA) is 71.1 Å². The van der Waals surface area contributed by atoms with Gasteiger partial charge in [-0.05, 0) is 43.3 Å². The van der Waals surface area contributed by atoms with Crippen molar-refractivity contribution in [2.75, 3.05) is 21.3 Å². The van der Waals surface area contributed by atoms with Gasteiger partial charge in [0.25, 0.3) is 0 Å². The predicted octanol–water partition coefficient (Wildman–Crippen LogP) is 3.79. The molecule has 0 spiro atoms. The van der Waals surface area contributed by atoms with Crippen molar-refractivity contribution in [2.24, 2.45) is 0 Å². The maximum absolute atomic E-state index is 12.4. The zero-order valence-corrected chi connectivity index (χ0v) is 15.6. The van der Waals surface area contributed by atoms with Gasteiger partial charge in [-0.25, -0.2) is 4.79 Å². The highest BCUT2D eigenvalue weighted by atomic mass is 35.5. The van der Waals surface area contributed by atoms with E-state index < -0.39 is 12.1 Å². The highest BCUT2D eigenvalue weighted by molar-refractivity contribution is 6.32. The highest BCUT2D eigenvalue weighted by Crippen LogP contribution is 2.36. The fraction of sp³-hybridized carbons (Fsp3) is 0.263. The van der Waals surface area contributed by atoms with Crippen LogP contribution in [0.15, 0.2) is 36.4 Å². The van der Waals surface area contributed by atoms with Crippen molar-refractivity contribution in [1.82, 2.24) is 0 Å². The van der Waals surface area contributed by atoms with Gasteiger partial charge in [0.2, 0.25) is 5.78 Å². The zero-order chi connectivity index (χ0) is 19.3. The zero-order valence-electron chi connectivity index (χ0n) is 14.9. The lowest BCUT2D eigenvalue weighted by atomic mass is 10.1. The lowest BCUT2D eigenvalue weighted by Crippen LogP contribution is -2.24. The van der Waals surface area contributed by atoms with Gasteiger partial charge in [-0.2, -0.15) is 0 Å². The van der Waals surface area contributed by atoms with Crippen molar-refractivity contribution < 1.29 is 28.5 Å². The highest BCUT2D eigenvalue weighted by Gasteiger charge is 2.22. The van der Waals surface area contributed by atoms with Crippen LogP contribution in [-0.4, -0.2) is 39.2 Å². The standard InChI is InChI=1S/C19H19ClO6/c1-11(17(21)12-5-7-14(23-2)8-6-12)26-19(22)13-9-15(20)18(25-4)16(10-13)24-3/h5-11H,1-4H3/t11-/m0/s1. The Morgan fingerprint density at radius 3 is 2.12 bits per heavy atom. The molecule has 138 valence electrons. The Balaban J connectivity index is 2.15. The minimum absolute atomic E-state index is 0.155. The van der Waals surface area contributed by atoms with E-state index in [4.69, 9.17) is 30.5 Å². The molecule has 6 nitrogen and oxygen atoms in total. The molecule has 0 aliphatic rings. The summed E-state index contributed by atoms with van der Waals surface area (Å²) in [5.74, 6) is 0.218. The molecule has 0 fully saturated rings. The van der Waals surface area contributed by atoms with Crippen LogP contribution in [0.1, 0.15) is 27.6 Å². The molecule has 0 aliphatic heterocycles. The molecule has 0 aliphatic carbocycles. The van der Waals surface area contributed by atoms with Crippen LogP contribution in [0.3, 0.4) is 0 Å². The predicted molar refractivity (Wildman–Crippen MR) is 96.8 cm³/mol. The molecule has 0 amide bonds. The Kier molecular flexibility index (Phi) is 6.46. The molecule has 26 heavy (non-hydrogen) atoms. The number of methoxy groups -OCH3 is 3. The van der Waals surface area contributed by atoms with E-state index in [0.29, 0.717) is 22.8 Å². The average Bonchev–Trinajstić information content (AvgIpc) is 2.66. The molecule has 0 radical (unpaired) electrons. The fourth-order valence-electron chi connectivity index (χ4n) is 2.31. The summed E-state index contributed by atoms with van der Waals surface area (Å²) in [6.45, 7) is 1.51. The minimum Gasteiger partial charge on any atom is -0.497 e. The van der Waals surface area contributed by atoms with Gasteiger partial charge >= 0.3 is 5.97 Å². The molecule has 2 rings (SSSR count). The summed E-state index contributed by atoms with van der Waals surface area (Å²) < 4.78 is 20.6. The number of halogens is 1. The number of ether oxygens (including phenoxy) is 4. The van der Waals surface area contributed by atoms with Crippen LogP contribution in [0.2, 0.25) is 5.02 Å². The van der Waals surface area contributed by atoms with Gasteiger partial charge in [0, 0.05) is 5.56 Å². The van der Waals surface area contributed by atoms with E-state index in [1.54, 1.807) is 24.3 Å². The average molecular weight is 379 g/mol. The molecule has 0 saturated carbocycles. The van der Waals surface area contributed by atoms with Crippen molar-refractivity contribution in [3.05, 3.63) is 52.5 Å². The first-order chi connectivity index (χ1) is 12.4. The lowest BCUT2D eigenvalue weighted by Gasteiger charge is -2.14.